The van der Waals surface area contributed by atoms with Gasteiger partial charge >= 0.3 is 5.97 Å². The van der Waals surface area contributed by atoms with Crippen LogP contribution in [-0.2, 0) is 14.3 Å². The van der Waals surface area contributed by atoms with Crippen LogP contribution < -0.4 is 10.1 Å². The molecule has 0 spiro atoms. The number of nitriles is 1. The van der Waals surface area contributed by atoms with E-state index in [0.29, 0.717) is 17.0 Å². The van der Waals surface area contributed by atoms with E-state index in [-0.39, 0.29) is 30.2 Å². The molecule has 2 aromatic rings. The average Bonchev–Trinajstić information content (AvgIpc) is 2.81. The van der Waals surface area contributed by atoms with Crippen LogP contribution in [0.4, 0.5) is 5.69 Å². The van der Waals surface area contributed by atoms with Crippen molar-refractivity contribution >= 4 is 23.5 Å². The van der Waals surface area contributed by atoms with E-state index in [2.05, 4.69) is 19.2 Å². The third-order valence-corrected chi connectivity index (χ3v) is 5.54. The molecule has 1 aliphatic heterocycles. The summed E-state index contributed by atoms with van der Waals surface area (Å²) in [5, 5.41) is 11.5. The van der Waals surface area contributed by atoms with Crippen molar-refractivity contribution in [2.75, 3.05) is 18.5 Å². The van der Waals surface area contributed by atoms with Crippen LogP contribution in [-0.4, -0.2) is 48.0 Å². The van der Waals surface area contributed by atoms with Gasteiger partial charge in [-0.25, -0.2) is 4.79 Å². The lowest BCUT2D eigenvalue weighted by Gasteiger charge is -2.38. The maximum atomic E-state index is 12.6. The number of esters is 1. The van der Waals surface area contributed by atoms with Gasteiger partial charge in [0.25, 0.3) is 11.8 Å². The minimum absolute atomic E-state index is 0.0514. The molecule has 2 amide bonds. The number of carbonyl (C=O) groups excluding carboxylic acids is 3. The van der Waals surface area contributed by atoms with Gasteiger partial charge in [-0.05, 0) is 75.6 Å². The molecule has 1 N–H and O–H groups in total. The number of hydrogen-bond donors (Lipinski definition) is 1. The SMILES string of the molecule is CC1CCCC(C)N1C(=O)COc1ccc(C(=O)OCC(=O)Nc2cccc(C#N)c2)cc1. The Labute approximate surface area is 193 Å². The minimum Gasteiger partial charge on any atom is -0.484 e. The first-order valence-corrected chi connectivity index (χ1v) is 10.9. The molecule has 2 unspecified atom stereocenters. The van der Waals surface area contributed by atoms with E-state index in [1.54, 1.807) is 30.3 Å². The van der Waals surface area contributed by atoms with E-state index in [4.69, 9.17) is 14.7 Å². The number of benzene rings is 2. The highest BCUT2D eigenvalue weighted by Crippen LogP contribution is 2.23. The van der Waals surface area contributed by atoms with Crippen molar-refractivity contribution in [1.29, 1.82) is 5.26 Å². The molecule has 8 nitrogen and oxygen atoms in total. The van der Waals surface area contributed by atoms with Gasteiger partial charge < -0.3 is 19.7 Å². The topological polar surface area (TPSA) is 109 Å². The molecule has 3 rings (SSSR count). The number of nitrogens with one attached hydrogen (secondary N) is 1. The fraction of sp³-hybridized carbons (Fsp3) is 0.360. The molecule has 0 radical (unpaired) electrons. The number of amides is 2. The van der Waals surface area contributed by atoms with E-state index in [1.165, 1.54) is 18.2 Å². The highest BCUT2D eigenvalue weighted by Gasteiger charge is 2.29. The smallest absolute Gasteiger partial charge is 0.338 e. The van der Waals surface area contributed by atoms with Gasteiger partial charge in [0.15, 0.2) is 13.2 Å². The van der Waals surface area contributed by atoms with Crippen molar-refractivity contribution in [3.8, 4) is 11.8 Å². The third kappa shape index (κ3) is 6.56. The highest BCUT2D eigenvalue weighted by atomic mass is 16.5. The Morgan fingerprint density at radius 3 is 2.42 bits per heavy atom. The second-order valence-corrected chi connectivity index (χ2v) is 8.06. The number of carbonyl (C=O) groups is 3. The van der Waals surface area contributed by atoms with Crippen LogP contribution in [0, 0.1) is 11.3 Å². The summed E-state index contributed by atoms with van der Waals surface area (Å²) >= 11 is 0. The second-order valence-electron chi connectivity index (χ2n) is 8.06. The third-order valence-electron chi connectivity index (χ3n) is 5.54. The summed E-state index contributed by atoms with van der Waals surface area (Å²) in [7, 11) is 0. The predicted molar refractivity (Wildman–Crippen MR) is 122 cm³/mol. The average molecular weight is 450 g/mol. The fourth-order valence-corrected chi connectivity index (χ4v) is 3.90. The Morgan fingerprint density at radius 2 is 1.76 bits per heavy atom. The fourth-order valence-electron chi connectivity index (χ4n) is 3.90. The van der Waals surface area contributed by atoms with E-state index in [9.17, 15) is 14.4 Å². The molecule has 1 heterocycles. The zero-order valence-corrected chi connectivity index (χ0v) is 18.7. The predicted octanol–water partition coefficient (Wildman–Crippen LogP) is 3.52. The minimum atomic E-state index is -0.658. The maximum absolute atomic E-state index is 12.6. The number of anilines is 1. The standard InChI is InChI=1S/C25H27N3O5/c1-17-5-3-6-18(2)28(17)24(30)16-32-22-11-9-20(10-12-22)25(31)33-15-23(29)27-21-8-4-7-19(13-21)14-26/h4,7-13,17-18H,3,5-6,15-16H2,1-2H3,(H,27,29). The van der Waals surface area contributed by atoms with Crippen molar-refractivity contribution < 1.29 is 23.9 Å². The van der Waals surface area contributed by atoms with Crippen LogP contribution >= 0.6 is 0 Å². The summed E-state index contributed by atoms with van der Waals surface area (Å²) in [5.41, 5.74) is 1.11. The molecule has 1 saturated heterocycles. The molecule has 172 valence electrons. The monoisotopic (exact) mass is 449 g/mol. The number of piperidine rings is 1. The zero-order chi connectivity index (χ0) is 23.8. The molecule has 0 aromatic heterocycles. The first kappa shape index (κ1) is 23.8. The maximum Gasteiger partial charge on any atom is 0.338 e. The highest BCUT2D eigenvalue weighted by molar-refractivity contribution is 5.95. The molecule has 0 bridgehead atoms. The van der Waals surface area contributed by atoms with Crippen LogP contribution in [0.5, 0.6) is 5.75 Å². The van der Waals surface area contributed by atoms with Gasteiger partial charge in [-0.2, -0.15) is 5.26 Å². The summed E-state index contributed by atoms with van der Waals surface area (Å²) in [5.74, 6) is -0.760. The van der Waals surface area contributed by atoms with Crippen LogP contribution in [0.15, 0.2) is 48.5 Å². The normalized spacial score (nSPS) is 17.5. The quantitative estimate of drug-likeness (QED) is 0.648. The molecular formula is C25H27N3O5. The summed E-state index contributed by atoms with van der Waals surface area (Å²) < 4.78 is 10.6. The Bertz CT molecular complexity index is 1030. The molecule has 33 heavy (non-hydrogen) atoms. The lowest BCUT2D eigenvalue weighted by atomic mass is 9.97. The summed E-state index contributed by atoms with van der Waals surface area (Å²) in [6, 6.07) is 15.0. The Balaban J connectivity index is 1.46. The van der Waals surface area contributed by atoms with Gasteiger partial charge in [0.2, 0.25) is 0 Å². The van der Waals surface area contributed by atoms with Gasteiger partial charge in [0, 0.05) is 17.8 Å². The molecule has 1 aliphatic rings. The molecule has 0 aliphatic carbocycles. The van der Waals surface area contributed by atoms with Crippen molar-refractivity contribution in [3.05, 3.63) is 59.7 Å². The van der Waals surface area contributed by atoms with Crippen molar-refractivity contribution in [1.82, 2.24) is 4.90 Å². The van der Waals surface area contributed by atoms with E-state index in [0.717, 1.165) is 19.3 Å². The van der Waals surface area contributed by atoms with Crippen molar-refractivity contribution in [2.24, 2.45) is 0 Å². The molecule has 2 aromatic carbocycles. The van der Waals surface area contributed by atoms with Crippen LogP contribution in [0.3, 0.4) is 0 Å². The van der Waals surface area contributed by atoms with E-state index < -0.39 is 18.5 Å². The second kappa shape index (κ2) is 11.1. The Kier molecular flexibility index (Phi) is 8.03. The van der Waals surface area contributed by atoms with Gasteiger partial charge in [-0.3, -0.25) is 9.59 Å². The molecule has 1 fully saturated rings. The number of likely N-dealkylation sites (tertiary alicyclic amines) is 1. The zero-order valence-electron chi connectivity index (χ0n) is 18.7. The van der Waals surface area contributed by atoms with E-state index in [1.807, 2.05) is 11.0 Å². The number of nitrogens with zero attached hydrogens (tertiary/aromatic N) is 2. The van der Waals surface area contributed by atoms with Gasteiger partial charge in [-0.1, -0.05) is 6.07 Å². The largest absolute Gasteiger partial charge is 0.484 e. The number of ether oxygens (including phenoxy) is 2. The van der Waals surface area contributed by atoms with Crippen LogP contribution in [0.2, 0.25) is 0 Å². The van der Waals surface area contributed by atoms with Gasteiger partial charge in [0.05, 0.1) is 17.2 Å². The summed E-state index contributed by atoms with van der Waals surface area (Å²) in [4.78, 5) is 38.7. The Morgan fingerprint density at radius 1 is 1.06 bits per heavy atom. The van der Waals surface area contributed by atoms with E-state index >= 15 is 0 Å². The van der Waals surface area contributed by atoms with Crippen LogP contribution in [0.25, 0.3) is 0 Å². The molecular weight excluding hydrogens is 422 g/mol. The van der Waals surface area contributed by atoms with Crippen LogP contribution in [0.1, 0.15) is 49.0 Å². The molecule has 8 heteroatoms. The molecule has 0 saturated carbocycles. The van der Waals surface area contributed by atoms with Gasteiger partial charge in [0.1, 0.15) is 5.75 Å². The van der Waals surface area contributed by atoms with Gasteiger partial charge in [-0.15, -0.1) is 0 Å². The van der Waals surface area contributed by atoms with Crippen molar-refractivity contribution in [3.63, 3.8) is 0 Å². The summed E-state index contributed by atoms with van der Waals surface area (Å²) in [6.07, 6.45) is 3.12. The summed E-state index contributed by atoms with van der Waals surface area (Å²) in [6.45, 7) is 3.58. The number of rotatable bonds is 7. The Hall–Kier alpha value is -3.86. The first-order chi connectivity index (χ1) is 15.9. The lowest BCUT2D eigenvalue weighted by molar-refractivity contribution is -0.139. The first-order valence-electron chi connectivity index (χ1n) is 10.9. The van der Waals surface area contributed by atoms with Crippen molar-refractivity contribution in [2.45, 2.75) is 45.2 Å². The number of hydrogen-bond acceptors (Lipinski definition) is 6. The lowest BCUT2D eigenvalue weighted by Crippen LogP contribution is -2.49. The molecule has 2 atom stereocenters.